The lowest BCUT2D eigenvalue weighted by Crippen LogP contribution is -2.50. The molecule has 0 radical (unpaired) electrons. The van der Waals surface area contributed by atoms with Gasteiger partial charge in [0.2, 0.25) is 5.91 Å². The smallest absolute Gasteiger partial charge is 0.321 e. The van der Waals surface area contributed by atoms with E-state index in [4.69, 9.17) is 4.74 Å². The first-order chi connectivity index (χ1) is 19.2. The number of carbonyl (C=O) groups is 3. The second-order valence-electron chi connectivity index (χ2n) is 10.2. The average molecular weight is 545 g/mol. The number of nitrogens with one attached hydrogen (secondary N) is 2. The number of nitrogens with zero attached hydrogens (tertiary/aromatic N) is 2. The molecular formula is C31H36N4O5. The second-order valence-corrected chi connectivity index (χ2v) is 10.2. The molecule has 0 spiro atoms. The number of ether oxygens (including phenoxy) is 1. The number of rotatable bonds is 8. The summed E-state index contributed by atoms with van der Waals surface area (Å²) < 4.78 is 6.36. The Bertz CT molecular complexity index is 1320. The quantitative estimate of drug-likeness (QED) is 0.393. The van der Waals surface area contributed by atoms with Crippen LogP contribution in [0.5, 0.6) is 5.75 Å². The van der Waals surface area contributed by atoms with Gasteiger partial charge in [0.15, 0.2) is 0 Å². The van der Waals surface area contributed by atoms with Crippen molar-refractivity contribution in [3.8, 4) is 5.75 Å². The first-order valence-electron chi connectivity index (χ1n) is 13.4. The zero-order valence-electron chi connectivity index (χ0n) is 23.0. The number of anilines is 2. The van der Waals surface area contributed by atoms with Gasteiger partial charge in [-0.1, -0.05) is 55.5 Å². The van der Waals surface area contributed by atoms with E-state index >= 15 is 0 Å². The Hall–Kier alpha value is -4.37. The number of likely N-dealkylation sites (N-methyl/N-ethyl adjacent to an activating group) is 1. The molecule has 1 aliphatic heterocycles. The van der Waals surface area contributed by atoms with Crippen molar-refractivity contribution < 1.29 is 24.2 Å². The largest absolute Gasteiger partial charge is 0.487 e. The van der Waals surface area contributed by atoms with Gasteiger partial charge in [0, 0.05) is 30.9 Å². The van der Waals surface area contributed by atoms with E-state index < -0.39 is 12.1 Å². The number of amides is 4. The van der Waals surface area contributed by atoms with E-state index in [0.717, 1.165) is 5.56 Å². The molecule has 0 saturated heterocycles. The van der Waals surface area contributed by atoms with Crippen molar-refractivity contribution in [2.24, 2.45) is 5.92 Å². The summed E-state index contributed by atoms with van der Waals surface area (Å²) in [6.45, 7) is 4.13. The van der Waals surface area contributed by atoms with Crippen molar-refractivity contribution in [3.05, 3.63) is 90.0 Å². The Kier molecular flexibility index (Phi) is 9.39. The Labute approximate surface area is 234 Å². The molecule has 3 aromatic carbocycles. The number of aliphatic hydroxyl groups is 1. The highest BCUT2D eigenvalue weighted by Crippen LogP contribution is 2.31. The summed E-state index contributed by atoms with van der Waals surface area (Å²) in [5.74, 6) is -0.294. The molecule has 40 heavy (non-hydrogen) atoms. The third kappa shape index (κ3) is 7.18. The maximum absolute atomic E-state index is 13.7. The van der Waals surface area contributed by atoms with E-state index in [1.54, 1.807) is 42.0 Å². The molecule has 1 heterocycles. The zero-order chi connectivity index (χ0) is 28.6. The number of benzene rings is 3. The molecule has 0 aromatic heterocycles. The van der Waals surface area contributed by atoms with Crippen LogP contribution in [0.2, 0.25) is 0 Å². The minimum absolute atomic E-state index is 0.150. The minimum atomic E-state index is -0.440. The molecule has 210 valence electrons. The molecule has 4 rings (SSSR count). The second kappa shape index (κ2) is 13.1. The normalized spacial score (nSPS) is 17.5. The van der Waals surface area contributed by atoms with Crippen molar-refractivity contribution in [3.63, 3.8) is 0 Å². The SMILES string of the molecule is C[C@H](CO)N1C[C@H](C)[C@H](CN(C)C(=O)Nc2ccccc2)Oc2ccc(NC(=O)Cc3ccccc3)cc2C1=O. The third-order valence-corrected chi connectivity index (χ3v) is 6.98. The van der Waals surface area contributed by atoms with Crippen molar-refractivity contribution in [1.82, 2.24) is 9.80 Å². The summed E-state index contributed by atoms with van der Waals surface area (Å²) in [7, 11) is 1.69. The molecule has 9 nitrogen and oxygen atoms in total. The van der Waals surface area contributed by atoms with Crippen molar-refractivity contribution in [2.45, 2.75) is 32.4 Å². The van der Waals surface area contributed by atoms with Crippen LogP contribution in [0.15, 0.2) is 78.9 Å². The molecule has 3 N–H and O–H groups in total. The zero-order valence-corrected chi connectivity index (χ0v) is 23.0. The van der Waals surface area contributed by atoms with Crippen molar-refractivity contribution in [2.75, 3.05) is 37.4 Å². The number of fused-ring (bicyclic) bond motifs is 1. The molecule has 9 heteroatoms. The van der Waals surface area contributed by atoms with Crippen molar-refractivity contribution in [1.29, 1.82) is 0 Å². The summed E-state index contributed by atoms with van der Waals surface area (Å²) in [5, 5.41) is 15.6. The number of hydrogen-bond acceptors (Lipinski definition) is 5. The molecule has 3 atom stereocenters. The molecule has 0 fully saturated rings. The van der Waals surface area contributed by atoms with Crippen LogP contribution in [0, 0.1) is 5.92 Å². The Morgan fingerprint density at radius 3 is 2.38 bits per heavy atom. The van der Waals surface area contributed by atoms with Crippen LogP contribution >= 0.6 is 0 Å². The van der Waals surface area contributed by atoms with Gasteiger partial charge in [-0.15, -0.1) is 0 Å². The van der Waals surface area contributed by atoms with Gasteiger partial charge >= 0.3 is 6.03 Å². The monoisotopic (exact) mass is 544 g/mol. The molecule has 0 bridgehead atoms. The number of carbonyl (C=O) groups excluding carboxylic acids is 3. The van der Waals surface area contributed by atoms with Gasteiger partial charge in [0.1, 0.15) is 11.9 Å². The highest BCUT2D eigenvalue weighted by molar-refractivity contribution is 6.00. The first-order valence-corrected chi connectivity index (χ1v) is 13.4. The Morgan fingerprint density at radius 2 is 1.70 bits per heavy atom. The van der Waals surface area contributed by atoms with Crippen LogP contribution in [0.1, 0.15) is 29.8 Å². The van der Waals surface area contributed by atoms with E-state index in [-0.39, 0.29) is 48.9 Å². The Morgan fingerprint density at radius 1 is 1.02 bits per heavy atom. The van der Waals surface area contributed by atoms with E-state index in [0.29, 0.717) is 23.7 Å². The van der Waals surface area contributed by atoms with Gasteiger partial charge in [-0.05, 0) is 42.8 Å². The summed E-state index contributed by atoms with van der Waals surface area (Å²) in [5.41, 5.74) is 2.32. The molecular weight excluding hydrogens is 508 g/mol. The van der Waals surface area contributed by atoms with Crippen LogP contribution in [-0.2, 0) is 11.2 Å². The highest BCUT2D eigenvalue weighted by Gasteiger charge is 2.34. The van der Waals surface area contributed by atoms with E-state index in [1.807, 2.05) is 67.6 Å². The van der Waals surface area contributed by atoms with E-state index in [9.17, 15) is 19.5 Å². The maximum Gasteiger partial charge on any atom is 0.321 e. The summed E-state index contributed by atoms with van der Waals surface area (Å²) in [6, 6.07) is 22.9. The molecule has 4 amide bonds. The fourth-order valence-electron chi connectivity index (χ4n) is 4.60. The third-order valence-electron chi connectivity index (χ3n) is 6.98. The lowest BCUT2D eigenvalue weighted by Gasteiger charge is -2.38. The number of hydrogen-bond donors (Lipinski definition) is 3. The average Bonchev–Trinajstić information content (AvgIpc) is 2.95. The molecule has 3 aromatic rings. The number of urea groups is 1. The lowest BCUT2D eigenvalue weighted by molar-refractivity contribution is -0.115. The van der Waals surface area contributed by atoms with Crippen LogP contribution < -0.4 is 15.4 Å². The summed E-state index contributed by atoms with van der Waals surface area (Å²) in [6.07, 6.45) is -0.238. The number of para-hydroxylation sites is 1. The van der Waals surface area contributed by atoms with Gasteiger partial charge in [-0.2, -0.15) is 0 Å². The highest BCUT2D eigenvalue weighted by atomic mass is 16.5. The van der Waals surface area contributed by atoms with Crippen LogP contribution in [0.4, 0.5) is 16.2 Å². The van der Waals surface area contributed by atoms with Gasteiger partial charge in [0.25, 0.3) is 5.91 Å². The summed E-state index contributed by atoms with van der Waals surface area (Å²) >= 11 is 0. The fourth-order valence-corrected chi connectivity index (χ4v) is 4.60. The predicted octanol–water partition coefficient (Wildman–Crippen LogP) is 4.25. The standard InChI is InChI=1S/C31H36N4O5/c1-21-18-35(22(2)20-36)30(38)26-17-25(32-29(37)16-23-10-6-4-7-11-23)14-15-27(26)40-28(21)19-34(3)31(39)33-24-12-8-5-9-13-24/h4-15,17,21-22,28,36H,16,18-20H2,1-3H3,(H,32,37)(H,33,39)/t21-,22+,28-/m0/s1. The van der Waals surface area contributed by atoms with Gasteiger partial charge in [-0.25, -0.2) is 4.79 Å². The summed E-state index contributed by atoms with van der Waals surface area (Å²) in [4.78, 5) is 42.4. The van der Waals surface area contributed by atoms with Crippen LogP contribution in [0.25, 0.3) is 0 Å². The van der Waals surface area contributed by atoms with Crippen molar-refractivity contribution >= 4 is 29.2 Å². The van der Waals surface area contributed by atoms with Gasteiger partial charge in [-0.3, -0.25) is 9.59 Å². The topological polar surface area (TPSA) is 111 Å². The van der Waals surface area contributed by atoms with Gasteiger partial charge in [0.05, 0.1) is 31.2 Å². The lowest BCUT2D eigenvalue weighted by atomic mass is 9.99. The Balaban J connectivity index is 1.55. The maximum atomic E-state index is 13.7. The molecule has 0 unspecified atom stereocenters. The van der Waals surface area contributed by atoms with Crippen LogP contribution in [-0.4, -0.2) is 71.6 Å². The fraction of sp³-hybridized carbons (Fsp3) is 0.323. The van der Waals surface area contributed by atoms with Crippen LogP contribution in [0.3, 0.4) is 0 Å². The molecule has 1 aliphatic rings. The van der Waals surface area contributed by atoms with Gasteiger partial charge < -0.3 is 30.3 Å². The first kappa shape index (κ1) is 28.6. The molecule has 0 saturated carbocycles. The molecule has 0 aliphatic carbocycles. The van der Waals surface area contributed by atoms with E-state index in [1.165, 1.54) is 0 Å². The van der Waals surface area contributed by atoms with E-state index in [2.05, 4.69) is 10.6 Å². The minimum Gasteiger partial charge on any atom is -0.487 e. The predicted molar refractivity (Wildman–Crippen MR) is 154 cm³/mol. The number of aliphatic hydroxyl groups excluding tert-OH is 1.